The second-order valence-electron chi connectivity index (χ2n) is 21.5. The maximum atomic E-state index is 6.85. The van der Waals surface area contributed by atoms with Gasteiger partial charge in [0.1, 0.15) is 11.2 Å². The first-order valence-electron chi connectivity index (χ1n) is 24.3. The highest BCUT2D eigenvalue weighted by Crippen LogP contribution is 2.45. The summed E-state index contributed by atoms with van der Waals surface area (Å²) in [5.74, 6) is 0.917. The Hall–Kier alpha value is -7.30. The van der Waals surface area contributed by atoms with Crippen LogP contribution in [0.1, 0.15) is 103 Å². The smallest absolute Gasteiger partial charge is 0.178 e. The Balaban J connectivity index is 1.01. The van der Waals surface area contributed by atoms with Crippen LogP contribution in [0.3, 0.4) is 0 Å². The van der Waals surface area contributed by atoms with Crippen molar-refractivity contribution < 1.29 is 8.83 Å². The lowest BCUT2D eigenvalue weighted by Crippen LogP contribution is -2.14. The predicted molar refractivity (Wildman–Crippen MR) is 291 cm³/mol. The van der Waals surface area contributed by atoms with Gasteiger partial charge >= 0.3 is 0 Å². The molecule has 9 aromatic carbocycles. The van der Waals surface area contributed by atoms with E-state index in [0.29, 0.717) is 11.8 Å². The van der Waals surface area contributed by atoms with Gasteiger partial charge in [-0.1, -0.05) is 130 Å². The van der Waals surface area contributed by atoms with Crippen molar-refractivity contribution in [3.05, 3.63) is 192 Å². The van der Waals surface area contributed by atoms with Crippen LogP contribution in [0.2, 0.25) is 0 Å². The molecular formula is C64H60N2O2. The summed E-state index contributed by atoms with van der Waals surface area (Å²) < 4.78 is 13.7. The first-order valence-corrected chi connectivity index (χ1v) is 24.3. The highest BCUT2D eigenvalue weighted by Gasteiger charge is 2.22. The molecule has 68 heavy (non-hydrogen) atoms. The topological polar surface area (TPSA) is 32.8 Å². The maximum Gasteiger partial charge on any atom is 0.178 e. The molecule has 2 aromatic heterocycles. The maximum absolute atomic E-state index is 6.85. The van der Waals surface area contributed by atoms with E-state index in [1.165, 1.54) is 22.3 Å². The lowest BCUT2D eigenvalue weighted by atomic mass is 9.87. The van der Waals surface area contributed by atoms with E-state index in [1.54, 1.807) is 0 Å². The fraction of sp³-hybridized carbons (Fsp3) is 0.219. The second kappa shape index (κ2) is 16.2. The van der Waals surface area contributed by atoms with Crippen molar-refractivity contribution in [2.75, 3.05) is 9.80 Å². The minimum absolute atomic E-state index is 0.0178. The van der Waals surface area contributed by atoms with Crippen LogP contribution in [0, 0.1) is 0 Å². The zero-order valence-electron chi connectivity index (χ0n) is 41.0. The van der Waals surface area contributed by atoms with Gasteiger partial charge in [0.05, 0.1) is 0 Å². The van der Waals surface area contributed by atoms with Gasteiger partial charge in [-0.25, -0.2) is 0 Å². The Kier molecular flexibility index (Phi) is 10.3. The highest BCUT2D eigenvalue weighted by molar-refractivity contribution is 6.21. The second-order valence-corrected chi connectivity index (χ2v) is 21.5. The molecule has 11 rings (SSSR count). The van der Waals surface area contributed by atoms with Gasteiger partial charge in [0, 0.05) is 55.7 Å². The summed E-state index contributed by atoms with van der Waals surface area (Å²) in [6.45, 7) is 22.6. The summed E-state index contributed by atoms with van der Waals surface area (Å²) in [6.07, 6.45) is 0. The number of furan rings is 2. The average Bonchev–Trinajstić information content (AvgIpc) is 3.87. The lowest BCUT2D eigenvalue weighted by Gasteiger charge is -2.28. The van der Waals surface area contributed by atoms with Gasteiger partial charge in [-0.05, 0) is 176 Å². The molecule has 4 heteroatoms. The molecule has 0 N–H and O–H groups in total. The molecule has 0 radical (unpaired) electrons. The quantitative estimate of drug-likeness (QED) is 0.152. The number of nitrogens with zero attached hydrogens (tertiary/aromatic N) is 2. The Morgan fingerprint density at radius 3 is 1.07 bits per heavy atom. The normalized spacial score (nSPS) is 12.5. The van der Waals surface area contributed by atoms with Crippen LogP contribution in [0.5, 0.6) is 0 Å². The number of hydrogen-bond acceptors (Lipinski definition) is 4. The number of rotatable bonds is 8. The van der Waals surface area contributed by atoms with Crippen molar-refractivity contribution in [2.45, 2.75) is 91.9 Å². The van der Waals surface area contributed by atoms with E-state index in [1.807, 2.05) is 0 Å². The Morgan fingerprint density at radius 2 is 0.706 bits per heavy atom. The van der Waals surface area contributed by atoms with E-state index in [-0.39, 0.29) is 10.8 Å². The predicted octanol–water partition coefficient (Wildman–Crippen LogP) is 19.6. The minimum atomic E-state index is 0.0178. The van der Waals surface area contributed by atoms with Crippen LogP contribution in [-0.2, 0) is 10.8 Å². The number of anilines is 6. The number of fused-ring (bicyclic) bond motifs is 9. The lowest BCUT2D eigenvalue weighted by molar-refractivity contribution is 0.590. The van der Waals surface area contributed by atoms with Gasteiger partial charge in [0.2, 0.25) is 0 Å². The highest BCUT2D eigenvalue weighted by atomic mass is 16.4. The molecule has 0 aliphatic rings. The van der Waals surface area contributed by atoms with Crippen molar-refractivity contribution in [3.63, 3.8) is 0 Å². The summed E-state index contributed by atoms with van der Waals surface area (Å²) in [7, 11) is 0. The zero-order valence-corrected chi connectivity index (χ0v) is 41.0. The molecule has 0 saturated carbocycles. The number of hydrogen-bond donors (Lipinski definition) is 0. The molecule has 2 heterocycles. The summed E-state index contributed by atoms with van der Waals surface area (Å²) in [5.41, 5.74) is 15.2. The Bertz CT molecular complexity index is 3460. The fourth-order valence-electron chi connectivity index (χ4n) is 9.94. The molecule has 0 fully saturated rings. The molecule has 0 spiro atoms. The Morgan fingerprint density at radius 1 is 0.338 bits per heavy atom. The minimum Gasteiger partial charge on any atom is -0.452 e. The molecule has 0 aliphatic carbocycles. The molecule has 4 nitrogen and oxygen atoms in total. The summed E-state index contributed by atoms with van der Waals surface area (Å²) in [4.78, 5) is 4.75. The molecule has 11 aromatic rings. The van der Waals surface area contributed by atoms with E-state index >= 15 is 0 Å². The largest absolute Gasteiger partial charge is 0.452 e. The van der Waals surface area contributed by atoms with Gasteiger partial charge in [0.25, 0.3) is 0 Å². The van der Waals surface area contributed by atoms with Crippen molar-refractivity contribution in [2.24, 2.45) is 0 Å². The SMILES string of the molecule is CC(C)c1ccc(N(c2cccc(C(C)(C)C)c2)c2ccc3cc4c(cc3c2)oc2c4ccc3c4cc5ccc(N(c6ccc(C(C)C)cc6)c6cccc(C(C)(C)C)c6)cc5cc4oc32)cc1. The van der Waals surface area contributed by atoms with Gasteiger partial charge in [0.15, 0.2) is 11.2 Å². The molecule has 0 amide bonds. The average molecular weight is 889 g/mol. The molecule has 0 atom stereocenters. The number of benzene rings is 9. The summed E-state index contributed by atoms with van der Waals surface area (Å²) in [6, 6.07) is 62.8. The van der Waals surface area contributed by atoms with Gasteiger partial charge in [-0.2, -0.15) is 0 Å². The molecule has 0 aliphatic heterocycles. The first-order chi connectivity index (χ1) is 32.6. The molecule has 0 bridgehead atoms. The summed E-state index contributed by atoms with van der Waals surface area (Å²) >= 11 is 0. The van der Waals surface area contributed by atoms with Gasteiger partial charge in [-0.15, -0.1) is 0 Å². The molecule has 0 saturated heterocycles. The fourth-order valence-corrected chi connectivity index (χ4v) is 9.94. The van der Waals surface area contributed by atoms with Crippen LogP contribution >= 0.6 is 0 Å². The Labute approximate surface area is 400 Å². The van der Waals surface area contributed by atoms with Gasteiger partial charge < -0.3 is 18.6 Å². The van der Waals surface area contributed by atoms with E-state index < -0.39 is 0 Å². The third kappa shape index (κ3) is 7.66. The van der Waals surface area contributed by atoms with Crippen molar-refractivity contribution in [1.82, 2.24) is 0 Å². The van der Waals surface area contributed by atoms with E-state index in [9.17, 15) is 0 Å². The standard InChI is InChI=1S/C64H60N2O2/c1-39(2)41-17-23-49(24-18-41)65(51-15-11-13-47(37-51)63(5,6)7)53-27-21-43-33-57-55-29-30-56-58-34-44-22-28-54(32-46(44)36-60(58)68-62(56)61(55)67-59(57)35-45(43)31-53)66(50-25-19-42(20-26-50)40(3)4)52-16-12-14-48(38-52)64(8,9)10/h11-40H,1-10H3. The van der Waals surface area contributed by atoms with Crippen LogP contribution in [0.25, 0.3) is 65.4 Å². The molecular weight excluding hydrogens is 829 g/mol. The molecule has 0 unspecified atom stereocenters. The van der Waals surface area contributed by atoms with Crippen molar-refractivity contribution in [3.8, 4) is 0 Å². The zero-order chi connectivity index (χ0) is 47.2. The van der Waals surface area contributed by atoms with E-state index in [0.717, 1.165) is 99.5 Å². The molecule has 338 valence electrons. The third-order valence-corrected chi connectivity index (χ3v) is 14.1. The van der Waals surface area contributed by atoms with E-state index in [4.69, 9.17) is 8.83 Å². The van der Waals surface area contributed by atoms with Gasteiger partial charge in [-0.3, -0.25) is 0 Å². The van der Waals surface area contributed by atoms with Crippen LogP contribution in [-0.4, -0.2) is 0 Å². The third-order valence-electron chi connectivity index (χ3n) is 14.1. The first kappa shape index (κ1) is 43.3. The summed E-state index contributed by atoms with van der Waals surface area (Å²) in [5, 5.41) is 8.79. The van der Waals surface area contributed by atoms with Crippen molar-refractivity contribution in [1.29, 1.82) is 0 Å². The van der Waals surface area contributed by atoms with E-state index in [2.05, 4.69) is 249 Å². The van der Waals surface area contributed by atoms with Crippen molar-refractivity contribution >= 4 is 99.5 Å². The van der Waals surface area contributed by atoms with Crippen LogP contribution in [0.15, 0.2) is 179 Å². The monoisotopic (exact) mass is 888 g/mol. The van der Waals surface area contributed by atoms with Crippen LogP contribution in [0.4, 0.5) is 34.1 Å². The van der Waals surface area contributed by atoms with Crippen LogP contribution < -0.4 is 9.80 Å².